The molecule has 0 aliphatic carbocycles. The molecule has 0 aliphatic heterocycles. The molecule has 0 spiro atoms. The number of carboxylic acid groups (broad SMARTS) is 1. The smallest absolute Gasteiger partial charge is 0.321 e. The Kier molecular flexibility index (Phi) is 5.77. The first-order valence-corrected chi connectivity index (χ1v) is 8.24. The number of rotatable bonds is 7. The Morgan fingerprint density at radius 3 is 2.74 bits per heavy atom. The molecule has 19 heavy (non-hydrogen) atoms. The lowest BCUT2D eigenvalue weighted by atomic mass is 10.2. The third kappa shape index (κ3) is 4.81. The number of hydrogen-bond donors (Lipinski definition) is 2. The van der Waals surface area contributed by atoms with Crippen molar-refractivity contribution >= 4 is 27.8 Å². The largest absolute Gasteiger partial charge is 0.480 e. The van der Waals surface area contributed by atoms with Gasteiger partial charge in [0.1, 0.15) is 11.9 Å². The van der Waals surface area contributed by atoms with Crippen LogP contribution in [0.3, 0.4) is 0 Å². The molecule has 106 valence electrons. The predicted molar refractivity (Wildman–Crippen MR) is 71.1 cm³/mol. The highest BCUT2D eigenvalue weighted by Crippen LogP contribution is 2.12. The highest BCUT2D eigenvalue weighted by atomic mass is 32.2. The van der Waals surface area contributed by atoms with E-state index in [1.807, 2.05) is 0 Å². The van der Waals surface area contributed by atoms with Crippen molar-refractivity contribution in [1.29, 1.82) is 0 Å². The molecule has 1 rings (SSSR count). The van der Waals surface area contributed by atoms with Crippen molar-refractivity contribution in [2.24, 2.45) is 0 Å². The number of halogens is 1. The standard InChI is InChI=1S/C11H14FNO4S2/c1-18-6-5-10(11(14)15)13-19(16,17)9-4-2-3-8(12)7-9/h2-4,7,10,13H,5-6H2,1H3,(H,14,15)/t10-/m0/s1. The van der Waals surface area contributed by atoms with Crippen molar-refractivity contribution in [2.75, 3.05) is 12.0 Å². The first-order valence-electron chi connectivity index (χ1n) is 5.36. The summed E-state index contributed by atoms with van der Waals surface area (Å²) in [6, 6.07) is 3.19. The van der Waals surface area contributed by atoms with Gasteiger partial charge in [0.15, 0.2) is 0 Å². The van der Waals surface area contributed by atoms with Crippen molar-refractivity contribution in [1.82, 2.24) is 4.72 Å². The van der Waals surface area contributed by atoms with E-state index in [2.05, 4.69) is 4.72 Å². The summed E-state index contributed by atoms with van der Waals surface area (Å²) >= 11 is 1.41. The summed E-state index contributed by atoms with van der Waals surface area (Å²) in [4.78, 5) is 10.7. The molecule has 1 atom stereocenters. The maximum Gasteiger partial charge on any atom is 0.321 e. The predicted octanol–water partition coefficient (Wildman–Crippen LogP) is 1.31. The lowest BCUT2D eigenvalue weighted by molar-refractivity contribution is -0.139. The van der Waals surface area contributed by atoms with Crippen molar-refractivity contribution in [2.45, 2.75) is 17.4 Å². The summed E-state index contributed by atoms with van der Waals surface area (Å²) < 4.78 is 38.9. The van der Waals surface area contributed by atoms with E-state index in [0.29, 0.717) is 5.75 Å². The van der Waals surface area contributed by atoms with Crippen LogP contribution in [-0.2, 0) is 14.8 Å². The molecule has 0 bridgehead atoms. The second-order valence-electron chi connectivity index (χ2n) is 3.75. The van der Waals surface area contributed by atoms with Crippen LogP contribution in [0.25, 0.3) is 0 Å². The van der Waals surface area contributed by atoms with Gasteiger partial charge in [0.05, 0.1) is 4.90 Å². The normalized spacial score (nSPS) is 13.2. The SMILES string of the molecule is CSCC[C@H](NS(=O)(=O)c1cccc(F)c1)C(=O)O. The Morgan fingerprint density at radius 2 is 2.21 bits per heavy atom. The van der Waals surface area contributed by atoms with Gasteiger partial charge in [-0.05, 0) is 36.6 Å². The molecule has 0 saturated carbocycles. The number of carboxylic acids is 1. The van der Waals surface area contributed by atoms with Crippen LogP contribution in [0.5, 0.6) is 0 Å². The van der Waals surface area contributed by atoms with Crippen LogP contribution in [-0.4, -0.2) is 37.5 Å². The molecule has 0 aromatic heterocycles. The fourth-order valence-electron chi connectivity index (χ4n) is 1.36. The first kappa shape index (κ1) is 15.9. The van der Waals surface area contributed by atoms with E-state index in [-0.39, 0.29) is 11.3 Å². The van der Waals surface area contributed by atoms with Gasteiger partial charge >= 0.3 is 5.97 Å². The Labute approximate surface area is 115 Å². The van der Waals surface area contributed by atoms with E-state index < -0.39 is 27.9 Å². The molecular formula is C11H14FNO4S2. The Morgan fingerprint density at radius 1 is 1.53 bits per heavy atom. The number of nitrogens with one attached hydrogen (secondary N) is 1. The van der Waals surface area contributed by atoms with E-state index >= 15 is 0 Å². The number of hydrogen-bond acceptors (Lipinski definition) is 4. The second kappa shape index (κ2) is 6.88. The van der Waals surface area contributed by atoms with Crippen LogP contribution in [0.4, 0.5) is 4.39 Å². The molecule has 0 aliphatic rings. The van der Waals surface area contributed by atoms with Gasteiger partial charge in [-0.25, -0.2) is 12.8 Å². The van der Waals surface area contributed by atoms with Crippen LogP contribution in [0.2, 0.25) is 0 Å². The Balaban J connectivity index is 2.91. The maximum atomic E-state index is 13.0. The molecule has 0 radical (unpaired) electrons. The lowest BCUT2D eigenvalue weighted by Crippen LogP contribution is -2.41. The molecule has 0 amide bonds. The van der Waals surface area contributed by atoms with Gasteiger partial charge in [-0.2, -0.15) is 16.5 Å². The summed E-state index contributed by atoms with van der Waals surface area (Å²) in [7, 11) is -4.04. The zero-order chi connectivity index (χ0) is 14.5. The minimum atomic E-state index is -4.04. The van der Waals surface area contributed by atoms with Gasteiger partial charge in [0, 0.05) is 0 Å². The zero-order valence-electron chi connectivity index (χ0n) is 10.2. The number of benzene rings is 1. The Hall–Kier alpha value is -1.12. The highest BCUT2D eigenvalue weighted by molar-refractivity contribution is 7.98. The fourth-order valence-corrected chi connectivity index (χ4v) is 3.08. The molecule has 1 aromatic carbocycles. The molecular weight excluding hydrogens is 293 g/mol. The molecule has 2 N–H and O–H groups in total. The van der Waals surface area contributed by atoms with Crippen LogP contribution in [0, 0.1) is 5.82 Å². The summed E-state index contributed by atoms with van der Waals surface area (Å²) in [6.45, 7) is 0. The maximum absolute atomic E-state index is 13.0. The van der Waals surface area contributed by atoms with Crippen molar-refractivity contribution < 1.29 is 22.7 Å². The van der Waals surface area contributed by atoms with E-state index in [4.69, 9.17) is 5.11 Å². The molecule has 0 unspecified atom stereocenters. The molecule has 0 fully saturated rings. The Bertz CT molecular complexity index is 547. The van der Waals surface area contributed by atoms with Gasteiger partial charge in [-0.15, -0.1) is 0 Å². The average Bonchev–Trinajstić information content (AvgIpc) is 2.34. The van der Waals surface area contributed by atoms with E-state index in [9.17, 15) is 17.6 Å². The fraction of sp³-hybridized carbons (Fsp3) is 0.364. The van der Waals surface area contributed by atoms with E-state index in [1.165, 1.54) is 23.9 Å². The summed E-state index contributed by atoms with van der Waals surface area (Å²) in [5.74, 6) is -1.45. The van der Waals surface area contributed by atoms with Crippen LogP contribution in [0.15, 0.2) is 29.2 Å². The van der Waals surface area contributed by atoms with Crippen LogP contribution < -0.4 is 4.72 Å². The lowest BCUT2D eigenvalue weighted by Gasteiger charge is -2.14. The van der Waals surface area contributed by atoms with Crippen molar-refractivity contribution in [3.63, 3.8) is 0 Å². The summed E-state index contributed by atoms with van der Waals surface area (Å²) in [5.41, 5.74) is 0. The van der Waals surface area contributed by atoms with Crippen LogP contribution in [0.1, 0.15) is 6.42 Å². The van der Waals surface area contributed by atoms with E-state index in [0.717, 1.165) is 12.1 Å². The first-order chi connectivity index (χ1) is 8.86. The second-order valence-corrected chi connectivity index (χ2v) is 6.45. The number of sulfonamides is 1. The quantitative estimate of drug-likeness (QED) is 0.793. The molecule has 8 heteroatoms. The van der Waals surface area contributed by atoms with Crippen molar-refractivity contribution in [3.8, 4) is 0 Å². The topological polar surface area (TPSA) is 83.5 Å². The van der Waals surface area contributed by atoms with Gasteiger partial charge in [-0.3, -0.25) is 4.79 Å². The van der Waals surface area contributed by atoms with E-state index in [1.54, 1.807) is 6.26 Å². The molecule has 1 aromatic rings. The molecule has 0 saturated heterocycles. The van der Waals surface area contributed by atoms with Crippen LogP contribution >= 0.6 is 11.8 Å². The zero-order valence-corrected chi connectivity index (χ0v) is 11.8. The van der Waals surface area contributed by atoms with Crippen molar-refractivity contribution in [3.05, 3.63) is 30.1 Å². The third-order valence-corrected chi connectivity index (χ3v) is 4.43. The third-order valence-electron chi connectivity index (χ3n) is 2.31. The molecule has 5 nitrogen and oxygen atoms in total. The summed E-state index contributed by atoms with van der Waals surface area (Å²) in [6.07, 6.45) is 1.95. The number of thioether (sulfide) groups is 1. The van der Waals surface area contributed by atoms with Gasteiger partial charge in [0.25, 0.3) is 0 Å². The monoisotopic (exact) mass is 307 g/mol. The minimum Gasteiger partial charge on any atom is -0.480 e. The average molecular weight is 307 g/mol. The van der Waals surface area contributed by atoms with Gasteiger partial charge in [-0.1, -0.05) is 6.07 Å². The van der Waals surface area contributed by atoms with Gasteiger partial charge in [0.2, 0.25) is 10.0 Å². The minimum absolute atomic E-state index is 0.158. The van der Waals surface area contributed by atoms with Gasteiger partial charge < -0.3 is 5.11 Å². The molecule has 0 heterocycles. The highest BCUT2D eigenvalue weighted by Gasteiger charge is 2.25. The summed E-state index contributed by atoms with van der Waals surface area (Å²) in [5, 5.41) is 8.95. The number of aliphatic carboxylic acids is 1. The number of carbonyl (C=O) groups is 1.